The van der Waals surface area contributed by atoms with Crippen LogP contribution in [0, 0.1) is 29.1 Å². The molecule has 164 valence electrons. The molecule has 2 saturated carbocycles. The molecule has 4 fully saturated rings. The zero-order valence-corrected chi connectivity index (χ0v) is 17.1. The van der Waals surface area contributed by atoms with Crippen molar-refractivity contribution in [1.29, 1.82) is 0 Å². The highest BCUT2D eigenvalue weighted by Gasteiger charge is 2.65. The van der Waals surface area contributed by atoms with E-state index < -0.39 is 43.4 Å². The summed E-state index contributed by atoms with van der Waals surface area (Å²) in [5, 5.41) is 39.7. The van der Waals surface area contributed by atoms with E-state index in [0.29, 0.717) is 18.8 Å². The first kappa shape index (κ1) is 21.2. The molecular formula is C21H32O8. The van der Waals surface area contributed by atoms with Crippen molar-refractivity contribution in [3.05, 3.63) is 12.2 Å². The Hall–Kier alpha value is -1.03. The molecule has 0 aromatic heterocycles. The quantitative estimate of drug-likeness (QED) is 0.375. The van der Waals surface area contributed by atoms with Gasteiger partial charge in [-0.3, -0.25) is 4.79 Å². The lowest BCUT2D eigenvalue weighted by molar-refractivity contribution is -0.308. The van der Waals surface area contributed by atoms with Gasteiger partial charge in [-0.15, -0.1) is 0 Å². The molecule has 0 aromatic carbocycles. The number of aliphatic hydroxyl groups is 4. The Labute approximate surface area is 170 Å². The van der Waals surface area contributed by atoms with E-state index in [9.17, 15) is 25.2 Å². The van der Waals surface area contributed by atoms with E-state index in [2.05, 4.69) is 27.4 Å². The molecule has 4 N–H and O–H groups in total. The second kappa shape index (κ2) is 7.28. The molecule has 2 saturated heterocycles. The summed E-state index contributed by atoms with van der Waals surface area (Å²) in [4.78, 5) is 12.6. The van der Waals surface area contributed by atoms with Crippen molar-refractivity contribution in [1.82, 2.24) is 0 Å². The Morgan fingerprint density at radius 1 is 1.24 bits per heavy atom. The summed E-state index contributed by atoms with van der Waals surface area (Å²) in [6, 6.07) is 0. The zero-order valence-electron chi connectivity index (χ0n) is 17.1. The minimum Gasteiger partial charge on any atom is -0.462 e. The van der Waals surface area contributed by atoms with Crippen molar-refractivity contribution in [2.24, 2.45) is 29.1 Å². The molecule has 11 atom stereocenters. The maximum atomic E-state index is 12.6. The summed E-state index contributed by atoms with van der Waals surface area (Å²) in [5.41, 5.74) is 0.501. The van der Waals surface area contributed by atoms with Gasteiger partial charge in [0.2, 0.25) is 0 Å². The van der Waals surface area contributed by atoms with Crippen molar-refractivity contribution in [3.63, 3.8) is 0 Å². The average Bonchev–Trinajstić information content (AvgIpc) is 3.07. The topological polar surface area (TPSA) is 126 Å². The van der Waals surface area contributed by atoms with Crippen LogP contribution >= 0.6 is 0 Å². The first-order valence-electron chi connectivity index (χ1n) is 10.5. The molecule has 2 heterocycles. The fourth-order valence-corrected chi connectivity index (χ4v) is 6.11. The van der Waals surface area contributed by atoms with Gasteiger partial charge in [-0.1, -0.05) is 27.4 Å². The molecule has 2 bridgehead atoms. The summed E-state index contributed by atoms with van der Waals surface area (Å²) in [5.74, 6) is 0.144. The second-order valence-electron chi connectivity index (χ2n) is 9.63. The van der Waals surface area contributed by atoms with Crippen molar-refractivity contribution in [2.45, 2.75) is 76.5 Å². The van der Waals surface area contributed by atoms with Crippen molar-refractivity contribution < 1.29 is 39.4 Å². The molecule has 4 rings (SSSR count). The minimum absolute atomic E-state index is 0.0172. The number of fused-ring (bicyclic) bond motifs is 4. The van der Waals surface area contributed by atoms with E-state index in [1.165, 1.54) is 0 Å². The first-order chi connectivity index (χ1) is 13.6. The Morgan fingerprint density at radius 3 is 2.55 bits per heavy atom. The van der Waals surface area contributed by atoms with Crippen molar-refractivity contribution in [2.75, 3.05) is 6.61 Å². The van der Waals surface area contributed by atoms with Gasteiger partial charge in [0.05, 0.1) is 18.6 Å². The standard InChI is InChI=1S/C21H32O8/c1-8(2)14-12-6-21(4)9(3)11(5-10(21)15(14)19(26)27-12)28-20-18(25)17(24)16(23)13(7-22)29-20/h8,10-18,20,22-25H,3,5-7H2,1-2,4H3/t10-,11-,12+,13+,14-,15+,16+,17-,18+,20+,21-/m0/s1. The average molecular weight is 412 g/mol. The Balaban J connectivity index is 1.55. The lowest BCUT2D eigenvalue weighted by atomic mass is 9.58. The SMILES string of the molecule is C=C1[C@@H](O[C@@H]2O[C@H](CO)[C@@H](O)[C@H](O)[C@H]2O)C[C@H]2[C@H]3C(=O)O[C@H](C[C@@]12C)[C@@H]3C(C)C. The van der Waals surface area contributed by atoms with Crippen LogP contribution in [0.25, 0.3) is 0 Å². The highest BCUT2D eigenvalue weighted by molar-refractivity contribution is 5.77. The van der Waals surface area contributed by atoms with Gasteiger partial charge in [-0.25, -0.2) is 0 Å². The molecule has 0 amide bonds. The first-order valence-corrected chi connectivity index (χ1v) is 10.5. The molecular weight excluding hydrogens is 380 g/mol. The second-order valence-corrected chi connectivity index (χ2v) is 9.63. The monoisotopic (exact) mass is 412 g/mol. The van der Waals surface area contributed by atoms with Gasteiger partial charge in [-0.05, 0) is 35.7 Å². The van der Waals surface area contributed by atoms with Gasteiger partial charge in [0, 0.05) is 5.92 Å². The lowest BCUT2D eigenvalue weighted by Gasteiger charge is -2.44. The van der Waals surface area contributed by atoms with Crippen LogP contribution < -0.4 is 0 Å². The molecule has 8 nitrogen and oxygen atoms in total. The van der Waals surface area contributed by atoms with E-state index in [1.54, 1.807) is 0 Å². The van der Waals surface area contributed by atoms with Crippen LogP contribution in [0.15, 0.2) is 12.2 Å². The molecule has 8 heteroatoms. The van der Waals surface area contributed by atoms with Crippen LogP contribution in [0.4, 0.5) is 0 Å². The Morgan fingerprint density at radius 2 is 1.93 bits per heavy atom. The summed E-state index contributed by atoms with van der Waals surface area (Å²) < 4.78 is 17.2. The number of carbonyl (C=O) groups excluding carboxylic acids is 1. The maximum absolute atomic E-state index is 12.6. The summed E-state index contributed by atoms with van der Waals surface area (Å²) in [6.45, 7) is 10.1. The molecule has 0 unspecified atom stereocenters. The third kappa shape index (κ3) is 3.07. The number of hydrogen-bond donors (Lipinski definition) is 4. The predicted octanol–water partition coefficient (Wildman–Crippen LogP) is -0.0286. The van der Waals surface area contributed by atoms with Crippen LogP contribution in [-0.4, -0.2) is 75.9 Å². The van der Waals surface area contributed by atoms with Crippen LogP contribution in [0.2, 0.25) is 0 Å². The smallest absolute Gasteiger partial charge is 0.309 e. The molecule has 2 aliphatic carbocycles. The number of carbonyl (C=O) groups is 1. The molecule has 0 radical (unpaired) electrons. The van der Waals surface area contributed by atoms with Gasteiger partial charge in [0.25, 0.3) is 0 Å². The normalized spacial score (nSPS) is 52.0. The third-order valence-corrected chi connectivity index (χ3v) is 7.77. The van der Waals surface area contributed by atoms with E-state index in [-0.39, 0.29) is 35.2 Å². The fourth-order valence-electron chi connectivity index (χ4n) is 6.11. The Kier molecular flexibility index (Phi) is 5.33. The van der Waals surface area contributed by atoms with Gasteiger partial charge < -0.3 is 34.6 Å². The molecule has 0 spiro atoms. The number of aliphatic hydroxyl groups excluding tert-OH is 4. The van der Waals surface area contributed by atoms with E-state index in [0.717, 1.165) is 5.57 Å². The van der Waals surface area contributed by atoms with E-state index >= 15 is 0 Å². The highest BCUT2D eigenvalue weighted by Crippen LogP contribution is 2.63. The number of rotatable bonds is 4. The largest absolute Gasteiger partial charge is 0.462 e. The van der Waals surface area contributed by atoms with Crippen LogP contribution in [0.5, 0.6) is 0 Å². The Bertz CT molecular complexity index is 678. The summed E-state index contributed by atoms with van der Waals surface area (Å²) >= 11 is 0. The van der Waals surface area contributed by atoms with Crippen LogP contribution in [-0.2, 0) is 19.0 Å². The fraction of sp³-hybridized carbons (Fsp3) is 0.857. The molecule has 0 aromatic rings. The third-order valence-electron chi connectivity index (χ3n) is 7.77. The van der Waals surface area contributed by atoms with Crippen molar-refractivity contribution >= 4 is 5.97 Å². The minimum atomic E-state index is -1.49. The van der Waals surface area contributed by atoms with Gasteiger partial charge in [0.1, 0.15) is 30.5 Å². The van der Waals surface area contributed by atoms with Gasteiger partial charge >= 0.3 is 5.97 Å². The van der Waals surface area contributed by atoms with Gasteiger partial charge in [0.15, 0.2) is 6.29 Å². The van der Waals surface area contributed by atoms with Crippen LogP contribution in [0.1, 0.15) is 33.6 Å². The highest BCUT2D eigenvalue weighted by atomic mass is 16.7. The number of esters is 1. The summed E-state index contributed by atoms with van der Waals surface area (Å²) in [7, 11) is 0. The lowest BCUT2D eigenvalue weighted by Crippen LogP contribution is -2.59. The predicted molar refractivity (Wildman–Crippen MR) is 100 cm³/mol. The van der Waals surface area contributed by atoms with Gasteiger partial charge in [-0.2, -0.15) is 0 Å². The number of ether oxygens (including phenoxy) is 3. The zero-order chi connectivity index (χ0) is 21.2. The molecule has 2 aliphatic heterocycles. The van der Waals surface area contributed by atoms with Crippen LogP contribution in [0.3, 0.4) is 0 Å². The molecule has 4 aliphatic rings. The summed E-state index contributed by atoms with van der Waals surface area (Å²) in [6.07, 6.45) is -5.98. The number of hydrogen-bond acceptors (Lipinski definition) is 8. The van der Waals surface area contributed by atoms with Crippen molar-refractivity contribution in [3.8, 4) is 0 Å². The van der Waals surface area contributed by atoms with E-state index in [1.807, 2.05) is 0 Å². The maximum Gasteiger partial charge on any atom is 0.309 e. The van der Waals surface area contributed by atoms with E-state index in [4.69, 9.17) is 14.2 Å². The molecule has 29 heavy (non-hydrogen) atoms.